The number of aliphatic carboxylic acids is 2. The first kappa shape index (κ1) is 61.5. The highest BCUT2D eigenvalue weighted by atomic mass is 16.4. The maximum Gasteiger partial charge on any atom is 0.326 e. The minimum atomic E-state index is -1.75. The number of H-pyrrole nitrogens is 1. The molecule has 29 heteroatoms. The van der Waals surface area contributed by atoms with E-state index in [0.29, 0.717) is 12.1 Å². The van der Waals surface area contributed by atoms with E-state index in [-0.39, 0.29) is 94.8 Å². The fraction of sp³-hybridized carbons (Fsp3) is 0.659. The molecule has 2 rings (SSSR count). The first-order valence-corrected chi connectivity index (χ1v) is 24.0. The molecule has 1 saturated heterocycles. The van der Waals surface area contributed by atoms with Crippen LogP contribution < -0.4 is 66.3 Å². The molecule has 73 heavy (non-hydrogen) atoms. The number of aromatic nitrogens is 2. The second-order valence-electron chi connectivity index (χ2n) is 18.5. The lowest BCUT2D eigenvalue weighted by molar-refractivity contribution is -0.145. The molecule has 29 nitrogen and oxygen atoms in total. The Morgan fingerprint density at radius 1 is 0.685 bits per heavy atom. The van der Waals surface area contributed by atoms with Crippen molar-refractivity contribution in [3.8, 4) is 0 Å². The van der Waals surface area contributed by atoms with E-state index in [1.54, 1.807) is 27.7 Å². The highest BCUT2D eigenvalue weighted by Gasteiger charge is 2.40. The molecule has 1 fully saturated rings. The van der Waals surface area contributed by atoms with E-state index in [9.17, 15) is 58.2 Å². The van der Waals surface area contributed by atoms with Gasteiger partial charge in [0.1, 0.15) is 42.3 Å². The molecule has 8 amide bonds. The summed E-state index contributed by atoms with van der Waals surface area (Å²) in [6.45, 7) is 7.44. The molecule has 0 radical (unpaired) electrons. The monoisotopic (exact) mass is 1030 g/mol. The minimum absolute atomic E-state index is 0.0393. The number of hydrogen-bond donors (Lipinski definition) is 15. The molecule has 0 aromatic carbocycles. The number of carboxylic acid groups (broad SMARTS) is 2. The number of nitrogens with one attached hydrogen (secondary N) is 7. The van der Waals surface area contributed by atoms with Gasteiger partial charge in [-0.15, -0.1) is 0 Å². The molecule has 0 spiro atoms. The van der Waals surface area contributed by atoms with Crippen LogP contribution in [0.5, 0.6) is 0 Å². The molecule has 21 N–H and O–H groups in total. The highest BCUT2D eigenvalue weighted by Crippen LogP contribution is 2.22. The summed E-state index contributed by atoms with van der Waals surface area (Å²) >= 11 is 0. The quantitative estimate of drug-likeness (QED) is 0.0178. The van der Waals surface area contributed by atoms with E-state index in [4.69, 9.17) is 34.4 Å². The highest BCUT2D eigenvalue weighted by molar-refractivity contribution is 5.98. The number of nitrogens with zero attached hydrogens (tertiary/aromatic N) is 4. The number of primary amides is 1. The number of likely N-dealkylation sites (tertiary alicyclic amines) is 1. The Morgan fingerprint density at radius 2 is 1.19 bits per heavy atom. The average Bonchev–Trinajstić information content (AvgIpc) is 4.01. The molecule has 1 aromatic heterocycles. The molecule has 0 unspecified atom stereocenters. The van der Waals surface area contributed by atoms with E-state index in [1.165, 1.54) is 17.4 Å². The van der Waals surface area contributed by atoms with Crippen molar-refractivity contribution in [1.29, 1.82) is 0 Å². The van der Waals surface area contributed by atoms with Gasteiger partial charge in [-0.3, -0.25) is 53.1 Å². The zero-order chi connectivity index (χ0) is 54.9. The summed E-state index contributed by atoms with van der Waals surface area (Å²) in [7, 11) is 0. The Morgan fingerprint density at radius 3 is 1.71 bits per heavy atom. The number of amides is 8. The zero-order valence-corrected chi connectivity index (χ0v) is 41.8. The number of hydrogen-bond acceptors (Lipinski definition) is 14. The lowest BCUT2D eigenvalue weighted by atomic mass is 10.0. The van der Waals surface area contributed by atoms with Crippen molar-refractivity contribution in [2.45, 2.75) is 153 Å². The standard InChI is InChI=1S/C44H75N17O12/c1-22(2)16-30(41(71)61-15-7-10-32(61)40(70)60-31(42(72)73)17-23(3)4)59-38(68)28(18-24-20-51-21-54-24)58-37(67)27(11-12-33(46)62)56-36(66)26(9-6-14-53-44(49)50)55-39(69)29(19-34(63)64)57-35(65)25(45)8-5-13-52-43(47)48/h20-23,25-32H,5-19,45H2,1-4H3,(H2,46,62)(H,51,54)(H,55,69)(H,56,66)(H,57,65)(H,58,67)(H,59,68)(H,60,70)(H,63,64)(H,72,73)(H4,47,48,52)(H4,49,50,53)/t25-,26-,27-,28-,29-,30-,31-,32-/m0/s1. The number of imidazole rings is 1. The molecule has 0 aliphatic carbocycles. The average molecular weight is 1030 g/mol. The lowest BCUT2D eigenvalue weighted by Crippen LogP contribution is -2.60. The van der Waals surface area contributed by atoms with Crippen LogP contribution in [0, 0.1) is 11.8 Å². The third kappa shape index (κ3) is 23.0. The summed E-state index contributed by atoms with van der Waals surface area (Å²) in [5.41, 5.74) is 33.3. The zero-order valence-electron chi connectivity index (χ0n) is 41.8. The summed E-state index contributed by atoms with van der Waals surface area (Å²) in [6, 6.07) is -11.1. The fourth-order valence-corrected chi connectivity index (χ4v) is 7.71. The Hall–Kier alpha value is -7.59. The molecule has 408 valence electrons. The third-order valence-electron chi connectivity index (χ3n) is 11.3. The molecule has 0 bridgehead atoms. The maximum absolute atomic E-state index is 14.3. The van der Waals surface area contributed by atoms with Gasteiger partial charge in [0.25, 0.3) is 0 Å². The second kappa shape index (κ2) is 31.0. The van der Waals surface area contributed by atoms with E-state index in [0.717, 1.165) is 0 Å². The maximum atomic E-state index is 14.3. The number of carbonyl (C=O) groups is 10. The summed E-state index contributed by atoms with van der Waals surface area (Å²) in [5.74, 6) is -10.5. The van der Waals surface area contributed by atoms with Crippen LogP contribution in [0.1, 0.15) is 104 Å². The van der Waals surface area contributed by atoms with Crippen LogP contribution in [0.4, 0.5) is 0 Å². The van der Waals surface area contributed by atoms with Crippen LogP contribution >= 0.6 is 0 Å². The Kier molecular flexibility index (Phi) is 26.1. The van der Waals surface area contributed by atoms with Gasteiger partial charge >= 0.3 is 11.9 Å². The molecule has 0 saturated carbocycles. The van der Waals surface area contributed by atoms with Crippen LogP contribution in [-0.4, -0.2) is 164 Å². The van der Waals surface area contributed by atoms with Crippen molar-refractivity contribution in [2.24, 2.45) is 56.2 Å². The molecule has 1 aromatic rings. The number of carbonyl (C=O) groups excluding carboxylic acids is 8. The molecule has 2 heterocycles. The summed E-state index contributed by atoms with van der Waals surface area (Å²) < 4.78 is 0. The predicted molar refractivity (Wildman–Crippen MR) is 264 cm³/mol. The number of nitrogens with two attached hydrogens (primary N) is 6. The van der Waals surface area contributed by atoms with Crippen molar-refractivity contribution in [3.05, 3.63) is 18.2 Å². The van der Waals surface area contributed by atoms with Gasteiger partial charge in [0.2, 0.25) is 47.3 Å². The van der Waals surface area contributed by atoms with Gasteiger partial charge in [0, 0.05) is 44.4 Å². The smallest absolute Gasteiger partial charge is 0.326 e. The van der Waals surface area contributed by atoms with Crippen LogP contribution in [-0.2, 0) is 54.4 Å². The largest absolute Gasteiger partial charge is 0.481 e. The van der Waals surface area contributed by atoms with Gasteiger partial charge in [-0.2, -0.15) is 0 Å². The number of aliphatic imine (C=N–C) groups is 2. The van der Waals surface area contributed by atoms with Crippen molar-refractivity contribution in [1.82, 2.24) is 46.8 Å². The SMILES string of the molecule is CC(C)C[C@H](NC(=O)[C@@H]1CCCN1C(=O)[C@H](CC(C)C)NC(=O)[C@H](Cc1cnc[nH]1)NC(=O)[C@H](CCC(N)=O)NC(=O)[C@H](CCCN=C(N)N)NC(=O)[C@H](CC(=O)O)NC(=O)[C@@H](N)CCCN=C(N)N)C(=O)O. The molecular formula is C44H75N17O12. The van der Waals surface area contributed by atoms with Gasteiger partial charge in [-0.1, -0.05) is 27.7 Å². The fourth-order valence-electron chi connectivity index (χ4n) is 7.71. The van der Waals surface area contributed by atoms with Crippen LogP contribution in [0.15, 0.2) is 22.5 Å². The van der Waals surface area contributed by atoms with E-state index in [2.05, 4.69) is 51.9 Å². The second-order valence-corrected chi connectivity index (χ2v) is 18.5. The third-order valence-corrected chi connectivity index (χ3v) is 11.3. The molecule has 8 atom stereocenters. The van der Waals surface area contributed by atoms with Gasteiger partial charge < -0.3 is 86.4 Å². The first-order chi connectivity index (χ1) is 34.3. The van der Waals surface area contributed by atoms with E-state index in [1.807, 2.05) is 0 Å². The van der Waals surface area contributed by atoms with Gasteiger partial charge in [-0.05, 0) is 69.6 Å². The molecule has 1 aliphatic heterocycles. The number of guanidine groups is 2. The van der Waals surface area contributed by atoms with Crippen LogP contribution in [0.25, 0.3) is 0 Å². The van der Waals surface area contributed by atoms with Gasteiger partial charge in [0.15, 0.2) is 11.9 Å². The predicted octanol–water partition coefficient (Wildman–Crippen LogP) is -4.80. The normalized spacial score (nSPS) is 16.0. The Bertz CT molecular complexity index is 2110. The van der Waals surface area contributed by atoms with E-state index >= 15 is 0 Å². The van der Waals surface area contributed by atoms with Crippen molar-refractivity contribution in [2.75, 3.05) is 19.6 Å². The summed E-state index contributed by atoms with van der Waals surface area (Å²) in [4.78, 5) is 149. The lowest BCUT2D eigenvalue weighted by Gasteiger charge is -2.31. The molecule has 1 aliphatic rings. The van der Waals surface area contributed by atoms with Crippen molar-refractivity contribution in [3.63, 3.8) is 0 Å². The Labute approximate surface area is 422 Å². The minimum Gasteiger partial charge on any atom is -0.481 e. The number of carboxylic acids is 2. The molecular weight excluding hydrogens is 959 g/mol. The van der Waals surface area contributed by atoms with Crippen molar-refractivity contribution < 1.29 is 58.2 Å². The topological polar surface area (TPSA) is 496 Å². The first-order valence-electron chi connectivity index (χ1n) is 24.0. The van der Waals surface area contributed by atoms with Crippen LogP contribution in [0.2, 0.25) is 0 Å². The van der Waals surface area contributed by atoms with Gasteiger partial charge in [0.05, 0.1) is 18.8 Å². The van der Waals surface area contributed by atoms with Crippen molar-refractivity contribution >= 4 is 71.1 Å². The number of aromatic amines is 1. The summed E-state index contributed by atoms with van der Waals surface area (Å²) in [6.07, 6.45) is 1.67. The Balaban J connectivity index is 2.45. The van der Waals surface area contributed by atoms with Crippen LogP contribution in [0.3, 0.4) is 0 Å². The van der Waals surface area contributed by atoms with E-state index < -0.39 is 127 Å². The van der Waals surface area contributed by atoms with Gasteiger partial charge in [-0.25, -0.2) is 9.78 Å². The summed E-state index contributed by atoms with van der Waals surface area (Å²) in [5, 5.41) is 34.4. The number of rotatable bonds is 33.